The molecule has 1 saturated carbocycles. The molecule has 0 spiro atoms. The highest BCUT2D eigenvalue weighted by Crippen LogP contribution is 2.25. The number of hydrogen-bond donors (Lipinski definition) is 2. The Kier molecular flexibility index (Phi) is 5.64. The molecule has 1 aliphatic rings. The van der Waals surface area contributed by atoms with Crippen LogP contribution in [0.1, 0.15) is 24.0 Å². The van der Waals surface area contributed by atoms with Gasteiger partial charge in [-0.3, -0.25) is 4.72 Å². The molecule has 0 aliphatic heterocycles. The highest BCUT2D eigenvalue weighted by molar-refractivity contribution is 7.92. The number of para-hydroxylation sites is 1. The number of anilines is 1. The van der Waals surface area contributed by atoms with Crippen LogP contribution in [0.4, 0.5) is 5.69 Å². The van der Waals surface area contributed by atoms with Crippen molar-refractivity contribution in [1.82, 2.24) is 4.72 Å². The zero-order valence-corrected chi connectivity index (χ0v) is 17.8. The first-order valence-corrected chi connectivity index (χ1v) is 12.6. The highest BCUT2D eigenvalue weighted by atomic mass is 32.2. The van der Waals surface area contributed by atoms with Gasteiger partial charge in [-0.1, -0.05) is 48.5 Å². The Balaban J connectivity index is 1.55. The summed E-state index contributed by atoms with van der Waals surface area (Å²) in [7, 11) is -7.49. The standard InChI is InChI=1S/C22H22N2O4S2/c25-29(26,23-19-10-11-19)20-12-14-21(15-13-20)30(27,28)24-22-9-5-4-8-18(22)16-17-6-2-1-3-7-17/h1-9,12-15,19,23-24H,10-11,16H2. The van der Waals surface area contributed by atoms with E-state index < -0.39 is 20.0 Å². The largest absolute Gasteiger partial charge is 0.279 e. The Morgan fingerprint density at radius 3 is 1.90 bits per heavy atom. The summed E-state index contributed by atoms with van der Waals surface area (Å²) in [6.45, 7) is 0. The summed E-state index contributed by atoms with van der Waals surface area (Å²) in [5, 5.41) is 0. The normalized spacial score (nSPS) is 14.4. The maximum atomic E-state index is 12.9. The van der Waals surface area contributed by atoms with Crippen molar-refractivity contribution in [2.75, 3.05) is 4.72 Å². The summed E-state index contributed by atoms with van der Waals surface area (Å²) in [6.07, 6.45) is 2.25. The van der Waals surface area contributed by atoms with E-state index in [1.807, 2.05) is 42.5 Å². The van der Waals surface area contributed by atoms with Gasteiger partial charge >= 0.3 is 0 Å². The first kappa shape index (κ1) is 20.6. The van der Waals surface area contributed by atoms with E-state index in [1.54, 1.807) is 12.1 Å². The van der Waals surface area contributed by atoms with Crippen molar-refractivity contribution in [1.29, 1.82) is 0 Å². The smallest absolute Gasteiger partial charge is 0.261 e. The third-order valence-corrected chi connectivity index (χ3v) is 7.76. The van der Waals surface area contributed by atoms with E-state index in [0.29, 0.717) is 12.1 Å². The molecule has 0 heterocycles. The molecule has 8 heteroatoms. The summed E-state index contributed by atoms with van der Waals surface area (Å²) in [5.41, 5.74) is 2.41. The molecule has 0 radical (unpaired) electrons. The highest BCUT2D eigenvalue weighted by Gasteiger charge is 2.28. The molecule has 0 atom stereocenters. The van der Waals surface area contributed by atoms with Gasteiger partial charge in [-0.25, -0.2) is 21.6 Å². The van der Waals surface area contributed by atoms with Crippen LogP contribution < -0.4 is 9.44 Å². The molecule has 1 aliphatic carbocycles. The Morgan fingerprint density at radius 1 is 0.700 bits per heavy atom. The van der Waals surface area contributed by atoms with Crippen LogP contribution in [0.5, 0.6) is 0 Å². The third kappa shape index (κ3) is 4.89. The van der Waals surface area contributed by atoms with Gasteiger partial charge in [-0.15, -0.1) is 0 Å². The van der Waals surface area contributed by atoms with E-state index in [2.05, 4.69) is 9.44 Å². The molecular weight excluding hydrogens is 420 g/mol. The van der Waals surface area contributed by atoms with Crippen LogP contribution in [-0.4, -0.2) is 22.9 Å². The molecule has 3 aromatic rings. The molecule has 1 fully saturated rings. The minimum Gasteiger partial charge on any atom is -0.279 e. The van der Waals surface area contributed by atoms with Gasteiger partial charge in [0, 0.05) is 6.04 Å². The average molecular weight is 443 g/mol. The lowest BCUT2D eigenvalue weighted by Gasteiger charge is -2.13. The van der Waals surface area contributed by atoms with Crippen LogP contribution in [0.2, 0.25) is 0 Å². The Hall–Kier alpha value is -2.68. The fraction of sp³-hybridized carbons (Fsp3) is 0.182. The fourth-order valence-electron chi connectivity index (χ4n) is 3.08. The van der Waals surface area contributed by atoms with E-state index in [4.69, 9.17) is 0 Å². The molecule has 30 heavy (non-hydrogen) atoms. The molecule has 0 saturated heterocycles. The molecular formula is C22H22N2O4S2. The minimum absolute atomic E-state index is 0.00221. The monoisotopic (exact) mass is 442 g/mol. The summed E-state index contributed by atoms with van der Waals surface area (Å²) in [5.74, 6) is 0. The predicted octanol–water partition coefficient (Wildman–Crippen LogP) is 3.52. The van der Waals surface area contributed by atoms with Gasteiger partial charge in [0.05, 0.1) is 15.5 Å². The van der Waals surface area contributed by atoms with E-state index in [9.17, 15) is 16.8 Å². The lowest BCUT2D eigenvalue weighted by molar-refractivity contribution is 0.580. The Morgan fingerprint density at radius 2 is 1.27 bits per heavy atom. The predicted molar refractivity (Wildman–Crippen MR) is 116 cm³/mol. The number of nitrogens with one attached hydrogen (secondary N) is 2. The molecule has 0 unspecified atom stereocenters. The topological polar surface area (TPSA) is 92.3 Å². The second-order valence-corrected chi connectivity index (χ2v) is 10.7. The average Bonchev–Trinajstić information content (AvgIpc) is 3.53. The Labute approximate surface area is 177 Å². The Bertz CT molecular complexity index is 1240. The summed E-state index contributed by atoms with van der Waals surface area (Å²) < 4.78 is 55.5. The molecule has 3 aromatic carbocycles. The van der Waals surface area contributed by atoms with Gasteiger partial charge in [0.2, 0.25) is 10.0 Å². The van der Waals surface area contributed by atoms with Crippen LogP contribution in [0.15, 0.2) is 88.7 Å². The van der Waals surface area contributed by atoms with Crippen molar-refractivity contribution >= 4 is 25.7 Å². The molecule has 156 valence electrons. The second-order valence-electron chi connectivity index (χ2n) is 7.29. The SMILES string of the molecule is O=S(=O)(Nc1ccccc1Cc1ccccc1)c1ccc(S(=O)(=O)NC2CC2)cc1. The number of sulfonamides is 2. The van der Waals surface area contributed by atoms with Crippen molar-refractivity contribution in [2.24, 2.45) is 0 Å². The first-order chi connectivity index (χ1) is 14.3. The zero-order chi connectivity index (χ0) is 21.2. The van der Waals surface area contributed by atoms with Crippen molar-refractivity contribution < 1.29 is 16.8 Å². The molecule has 2 N–H and O–H groups in total. The fourth-order valence-corrected chi connectivity index (χ4v) is 5.49. The zero-order valence-electron chi connectivity index (χ0n) is 16.2. The van der Waals surface area contributed by atoms with Crippen molar-refractivity contribution in [3.63, 3.8) is 0 Å². The van der Waals surface area contributed by atoms with Crippen molar-refractivity contribution in [2.45, 2.75) is 35.1 Å². The van der Waals surface area contributed by atoms with Gasteiger partial charge in [-0.05, 0) is 60.7 Å². The number of benzene rings is 3. The van der Waals surface area contributed by atoms with Gasteiger partial charge in [0.1, 0.15) is 0 Å². The lowest BCUT2D eigenvalue weighted by Crippen LogP contribution is -2.25. The summed E-state index contributed by atoms with van der Waals surface area (Å²) in [6, 6.07) is 22.2. The molecule has 4 rings (SSSR count). The van der Waals surface area contributed by atoms with Crippen LogP contribution >= 0.6 is 0 Å². The van der Waals surface area contributed by atoms with Crippen LogP contribution in [0.25, 0.3) is 0 Å². The van der Waals surface area contributed by atoms with E-state index in [0.717, 1.165) is 24.0 Å². The van der Waals surface area contributed by atoms with Gasteiger partial charge in [0.25, 0.3) is 10.0 Å². The van der Waals surface area contributed by atoms with Gasteiger partial charge < -0.3 is 0 Å². The van der Waals surface area contributed by atoms with Crippen molar-refractivity contribution in [3.8, 4) is 0 Å². The number of rotatable bonds is 8. The van der Waals surface area contributed by atoms with Gasteiger partial charge in [-0.2, -0.15) is 0 Å². The number of hydrogen-bond acceptors (Lipinski definition) is 4. The van der Waals surface area contributed by atoms with Crippen molar-refractivity contribution in [3.05, 3.63) is 90.0 Å². The molecule has 0 amide bonds. The third-order valence-electron chi connectivity index (χ3n) is 4.84. The minimum atomic E-state index is -3.87. The maximum Gasteiger partial charge on any atom is 0.261 e. The van der Waals surface area contributed by atoms with E-state index >= 15 is 0 Å². The first-order valence-electron chi connectivity index (χ1n) is 9.60. The molecule has 0 bridgehead atoms. The maximum absolute atomic E-state index is 12.9. The molecule has 6 nitrogen and oxygen atoms in total. The molecule has 0 aromatic heterocycles. The van der Waals surface area contributed by atoms with E-state index in [1.165, 1.54) is 24.3 Å². The second kappa shape index (κ2) is 8.22. The van der Waals surface area contributed by atoms with Crippen LogP contribution in [0, 0.1) is 0 Å². The van der Waals surface area contributed by atoms with Gasteiger partial charge in [0.15, 0.2) is 0 Å². The lowest BCUT2D eigenvalue weighted by atomic mass is 10.0. The summed E-state index contributed by atoms with van der Waals surface area (Å²) in [4.78, 5) is 0.0558. The van der Waals surface area contributed by atoms with E-state index in [-0.39, 0.29) is 15.8 Å². The summed E-state index contributed by atoms with van der Waals surface area (Å²) >= 11 is 0. The van der Waals surface area contributed by atoms with Crippen LogP contribution in [0.3, 0.4) is 0 Å². The van der Waals surface area contributed by atoms with Crippen LogP contribution in [-0.2, 0) is 26.5 Å². The quantitative estimate of drug-likeness (QED) is 0.558.